The minimum atomic E-state index is 0.00951. The molecule has 3 rings (SSSR count). The highest BCUT2D eigenvalue weighted by atomic mass is 16.5. The van der Waals surface area contributed by atoms with Crippen molar-refractivity contribution in [1.29, 1.82) is 0 Å². The lowest BCUT2D eigenvalue weighted by atomic mass is 10.0. The molecule has 0 radical (unpaired) electrons. The molecule has 0 amide bonds. The lowest BCUT2D eigenvalue weighted by molar-refractivity contribution is -0.115. The average Bonchev–Trinajstić information content (AvgIpc) is 2.51. The predicted octanol–water partition coefficient (Wildman–Crippen LogP) is 4.02. The van der Waals surface area contributed by atoms with Gasteiger partial charge in [0.25, 0.3) is 0 Å². The molecule has 1 unspecified atom stereocenters. The van der Waals surface area contributed by atoms with Gasteiger partial charge >= 0.3 is 0 Å². The molecule has 20 heavy (non-hydrogen) atoms. The molecule has 1 aliphatic rings. The highest BCUT2D eigenvalue weighted by Crippen LogP contribution is 2.24. The van der Waals surface area contributed by atoms with Crippen LogP contribution in [0.4, 0.5) is 0 Å². The summed E-state index contributed by atoms with van der Waals surface area (Å²) in [5, 5.41) is 0. The highest BCUT2D eigenvalue weighted by molar-refractivity contribution is 5.90. The third-order valence-electron chi connectivity index (χ3n) is 3.42. The molecule has 0 saturated carbocycles. The second-order valence-electron chi connectivity index (χ2n) is 4.91. The van der Waals surface area contributed by atoms with E-state index in [-0.39, 0.29) is 11.9 Å². The minimum Gasteiger partial charge on any atom is -0.486 e. The largest absolute Gasteiger partial charge is 0.486 e. The molecule has 0 aliphatic heterocycles. The van der Waals surface area contributed by atoms with Gasteiger partial charge in [-0.2, -0.15) is 0 Å². The summed E-state index contributed by atoms with van der Waals surface area (Å²) in [6, 6.07) is 18.3. The molecule has 2 nitrogen and oxygen atoms in total. The summed E-state index contributed by atoms with van der Waals surface area (Å²) in [5.74, 6) is 1.03. The van der Waals surface area contributed by atoms with E-state index >= 15 is 0 Å². The summed E-state index contributed by atoms with van der Waals surface area (Å²) in [7, 11) is 0. The summed E-state index contributed by atoms with van der Waals surface area (Å²) in [4.78, 5) is 11.1. The number of ether oxygens (including phenoxy) is 1. The number of carbonyl (C=O) groups excluding carboxylic acids is 1. The van der Waals surface area contributed by atoms with Crippen molar-refractivity contribution in [3.8, 4) is 16.9 Å². The Kier molecular flexibility index (Phi) is 3.64. The number of benzene rings is 2. The zero-order valence-corrected chi connectivity index (χ0v) is 11.2. The zero-order valence-electron chi connectivity index (χ0n) is 11.2. The maximum atomic E-state index is 11.1. The fourth-order valence-electron chi connectivity index (χ4n) is 2.31. The number of hydrogen-bond acceptors (Lipinski definition) is 2. The van der Waals surface area contributed by atoms with E-state index < -0.39 is 0 Å². The van der Waals surface area contributed by atoms with Crippen molar-refractivity contribution in [2.75, 3.05) is 0 Å². The quantitative estimate of drug-likeness (QED) is 0.837. The zero-order chi connectivity index (χ0) is 13.8. The summed E-state index contributed by atoms with van der Waals surface area (Å²) < 4.78 is 5.86. The average molecular weight is 264 g/mol. The number of carbonyl (C=O) groups is 1. The fraction of sp³-hybridized carbons (Fsp3) is 0.167. The first-order chi connectivity index (χ1) is 9.81. The standard InChI is InChI=1S/C18H16O2/c19-16-8-12-18(13-9-16)20-17-10-6-15(7-11-17)14-4-2-1-3-5-14/h1-8,10-12,18H,9,13H2. The van der Waals surface area contributed by atoms with Crippen molar-refractivity contribution in [1.82, 2.24) is 0 Å². The molecular formula is C18H16O2. The second kappa shape index (κ2) is 5.74. The van der Waals surface area contributed by atoms with E-state index in [1.165, 1.54) is 11.1 Å². The summed E-state index contributed by atoms with van der Waals surface area (Å²) in [5.41, 5.74) is 2.37. The van der Waals surface area contributed by atoms with Gasteiger partial charge in [-0.05, 0) is 41.8 Å². The first-order valence-corrected chi connectivity index (χ1v) is 6.84. The van der Waals surface area contributed by atoms with E-state index in [0.29, 0.717) is 6.42 Å². The van der Waals surface area contributed by atoms with Gasteiger partial charge in [-0.25, -0.2) is 0 Å². The van der Waals surface area contributed by atoms with Gasteiger partial charge in [0, 0.05) is 6.42 Å². The summed E-state index contributed by atoms with van der Waals surface area (Å²) in [6.07, 6.45) is 4.80. The van der Waals surface area contributed by atoms with E-state index in [1.807, 2.05) is 36.4 Å². The molecule has 0 fully saturated rings. The monoisotopic (exact) mass is 264 g/mol. The molecule has 0 bridgehead atoms. The van der Waals surface area contributed by atoms with Crippen LogP contribution in [0.2, 0.25) is 0 Å². The molecule has 2 aromatic rings. The number of allylic oxidation sites excluding steroid dienone is 1. The summed E-state index contributed by atoms with van der Waals surface area (Å²) in [6.45, 7) is 0. The molecule has 1 atom stereocenters. The van der Waals surface area contributed by atoms with Crippen LogP contribution in [0.1, 0.15) is 12.8 Å². The van der Waals surface area contributed by atoms with Gasteiger partial charge in [-0.3, -0.25) is 4.79 Å². The molecule has 1 aliphatic carbocycles. The molecule has 2 aromatic carbocycles. The Morgan fingerprint density at radius 3 is 2.25 bits per heavy atom. The van der Waals surface area contributed by atoms with Crippen molar-refractivity contribution in [2.24, 2.45) is 0 Å². The van der Waals surface area contributed by atoms with Crippen LogP contribution < -0.4 is 4.74 Å². The van der Waals surface area contributed by atoms with Crippen LogP contribution in [0.5, 0.6) is 5.75 Å². The summed E-state index contributed by atoms with van der Waals surface area (Å²) >= 11 is 0. The van der Waals surface area contributed by atoms with Gasteiger partial charge < -0.3 is 4.74 Å². The SMILES string of the molecule is O=C1C=CC(Oc2ccc(-c3ccccc3)cc2)CC1. The van der Waals surface area contributed by atoms with Crippen LogP contribution in [0.25, 0.3) is 11.1 Å². The topological polar surface area (TPSA) is 26.3 Å². The molecule has 0 saturated heterocycles. The first-order valence-electron chi connectivity index (χ1n) is 6.84. The maximum Gasteiger partial charge on any atom is 0.155 e. The molecule has 0 heterocycles. The number of ketones is 1. The van der Waals surface area contributed by atoms with E-state index in [1.54, 1.807) is 6.08 Å². The Balaban J connectivity index is 1.71. The van der Waals surface area contributed by atoms with Crippen LogP contribution in [0.15, 0.2) is 66.7 Å². The number of hydrogen-bond donors (Lipinski definition) is 0. The van der Waals surface area contributed by atoms with Crippen molar-refractivity contribution in [2.45, 2.75) is 18.9 Å². The van der Waals surface area contributed by atoms with Crippen LogP contribution in [-0.4, -0.2) is 11.9 Å². The molecule has 0 N–H and O–H groups in total. The van der Waals surface area contributed by atoms with Gasteiger partial charge in [-0.15, -0.1) is 0 Å². The lowest BCUT2D eigenvalue weighted by Crippen LogP contribution is -2.19. The molecule has 0 spiro atoms. The van der Waals surface area contributed by atoms with E-state index in [0.717, 1.165) is 12.2 Å². The lowest BCUT2D eigenvalue weighted by Gasteiger charge is -2.18. The van der Waals surface area contributed by atoms with Crippen molar-refractivity contribution in [3.63, 3.8) is 0 Å². The van der Waals surface area contributed by atoms with Gasteiger partial charge in [0.2, 0.25) is 0 Å². The fourth-order valence-corrected chi connectivity index (χ4v) is 2.31. The molecule has 2 heteroatoms. The number of rotatable bonds is 3. The third-order valence-corrected chi connectivity index (χ3v) is 3.42. The minimum absolute atomic E-state index is 0.00951. The van der Waals surface area contributed by atoms with Crippen molar-refractivity contribution < 1.29 is 9.53 Å². The molecular weight excluding hydrogens is 248 g/mol. The van der Waals surface area contributed by atoms with Crippen molar-refractivity contribution in [3.05, 3.63) is 66.7 Å². The Hall–Kier alpha value is -2.35. The van der Waals surface area contributed by atoms with Crippen LogP contribution >= 0.6 is 0 Å². The van der Waals surface area contributed by atoms with E-state index in [2.05, 4.69) is 24.3 Å². The van der Waals surface area contributed by atoms with Gasteiger partial charge in [0.1, 0.15) is 11.9 Å². The normalized spacial score (nSPS) is 18.0. The predicted molar refractivity (Wildman–Crippen MR) is 79.7 cm³/mol. The second-order valence-corrected chi connectivity index (χ2v) is 4.91. The van der Waals surface area contributed by atoms with Crippen LogP contribution in [-0.2, 0) is 4.79 Å². The maximum absolute atomic E-state index is 11.1. The van der Waals surface area contributed by atoms with Crippen molar-refractivity contribution >= 4 is 5.78 Å². The van der Waals surface area contributed by atoms with Gasteiger partial charge in [0.05, 0.1) is 0 Å². The molecule has 0 aromatic heterocycles. The molecule has 100 valence electrons. The highest BCUT2D eigenvalue weighted by Gasteiger charge is 2.14. The van der Waals surface area contributed by atoms with Gasteiger partial charge in [-0.1, -0.05) is 42.5 Å². The Morgan fingerprint density at radius 2 is 1.60 bits per heavy atom. The van der Waals surface area contributed by atoms with Crippen LogP contribution in [0, 0.1) is 0 Å². The Bertz CT molecular complexity index is 612. The van der Waals surface area contributed by atoms with Gasteiger partial charge in [0.15, 0.2) is 5.78 Å². The van der Waals surface area contributed by atoms with E-state index in [9.17, 15) is 4.79 Å². The van der Waals surface area contributed by atoms with E-state index in [4.69, 9.17) is 4.74 Å². The third kappa shape index (κ3) is 2.97. The Morgan fingerprint density at radius 1 is 0.900 bits per heavy atom. The van der Waals surface area contributed by atoms with Crippen LogP contribution in [0.3, 0.4) is 0 Å². The Labute approximate surface area is 118 Å². The first kappa shape index (κ1) is 12.7. The smallest absolute Gasteiger partial charge is 0.155 e.